The fraction of sp³-hybridized carbons (Fsp3) is 0.125. The van der Waals surface area contributed by atoms with Crippen LogP contribution >= 0.6 is 0 Å². The molecule has 0 radical (unpaired) electrons. The van der Waals surface area contributed by atoms with Gasteiger partial charge in [-0.3, -0.25) is 14.9 Å². The van der Waals surface area contributed by atoms with Gasteiger partial charge < -0.3 is 14.2 Å². The van der Waals surface area contributed by atoms with E-state index >= 15 is 0 Å². The molecule has 0 aliphatic rings. The third kappa shape index (κ3) is 6.10. The first kappa shape index (κ1) is 28.7. The maximum Gasteiger partial charge on any atom is 0.343 e. The Hall–Kier alpha value is -5.84. The minimum Gasteiger partial charge on any atom is -0.490 e. The maximum absolute atomic E-state index is 13.5. The average Bonchev–Trinajstić information content (AvgIpc) is 3.02. The molecule has 0 spiro atoms. The average molecular weight is 579 g/mol. The van der Waals surface area contributed by atoms with E-state index in [-0.39, 0.29) is 22.7 Å². The monoisotopic (exact) mass is 578 g/mol. The molecular formula is C32H26N4O7. The topological polar surface area (TPSA) is 135 Å². The molecule has 0 amide bonds. The summed E-state index contributed by atoms with van der Waals surface area (Å²) in [7, 11) is 0. The van der Waals surface area contributed by atoms with Gasteiger partial charge in [0.15, 0.2) is 17.3 Å². The van der Waals surface area contributed by atoms with Crippen LogP contribution in [0, 0.1) is 10.1 Å². The fourth-order valence-electron chi connectivity index (χ4n) is 4.35. The highest BCUT2D eigenvalue weighted by atomic mass is 16.6. The Morgan fingerprint density at radius 3 is 2.40 bits per heavy atom. The normalized spacial score (nSPS) is 11.0. The van der Waals surface area contributed by atoms with Crippen molar-refractivity contribution in [3.63, 3.8) is 0 Å². The van der Waals surface area contributed by atoms with E-state index in [2.05, 4.69) is 10.1 Å². The van der Waals surface area contributed by atoms with E-state index in [4.69, 9.17) is 14.2 Å². The molecule has 1 aromatic heterocycles. The number of aromatic nitrogens is 2. The molecule has 11 nitrogen and oxygen atoms in total. The lowest BCUT2D eigenvalue weighted by Crippen LogP contribution is -2.20. The number of fused-ring (bicyclic) bond motifs is 1. The highest BCUT2D eigenvalue weighted by Crippen LogP contribution is 2.33. The first-order valence-corrected chi connectivity index (χ1v) is 13.4. The highest BCUT2D eigenvalue weighted by molar-refractivity contribution is 5.95. The first-order valence-electron chi connectivity index (χ1n) is 13.4. The van der Waals surface area contributed by atoms with Crippen LogP contribution in [0.4, 0.5) is 5.69 Å². The van der Waals surface area contributed by atoms with Gasteiger partial charge in [0.25, 0.3) is 5.56 Å². The van der Waals surface area contributed by atoms with Gasteiger partial charge in [0.2, 0.25) is 5.75 Å². The van der Waals surface area contributed by atoms with Gasteiger partial charge in [-0.2, -0.15) is 9.78 Å². The van der Waals surface area contributed by atoms with Crippen molar-refractivity contribution in [1.82, 2.24) is 9.66 Å². The van der Waals surface area contributed by atoms with Crippen molar-refractivity contribution < 1.29 is 23.9 Å². The highest BCUT2D eigenvalue weighted by Gasteiger charge is 2.23. The maximum atomic E-state index is 13.5. The number of nitro groups is 1. The number of hydrogen-bond acceptors (Lipinski definition) is 9. The molecule has 0 saturated carbocycles. The zero-order valence-electron chi connectivity index (χ0n) is 23.3. The molecule has 0 aliphatic carbocycles. The number of esters is 1. The van der Waals surface area contributed by atoms with Crippen LogP contribution in [0.1, 0.15) is 29.8 Å². The molecular weight excluding hydrogens is 552 g/mol. The Morgan fingerprint density at radius 1 is 0.930 bits per heavy atom. The summed E-state index contributed by atoms with van der Waals surface area (Å²) in [5, 5.41) is 16.6. The summed E-state index contributed by atoms with van der Waals surface area (Å²) in [5.41, 5.74) is 0.410. The molecule has 0 bridgehead atoms. The van der Waals surface area contributed by atoms with E-state index in [1.807, 2.05) is 13.0 Å². The first-order chi connectivity index (χ1) is 20.9. The third-order valence-electron chi connectivity index (χ3n) is 6.29. The fourth-order valence-corrected chi connectivity index (χ4v) is 4.35. The van der Waals surface area contributed by atoms with Crippen LogP contribution in [0.3, 0.4) is 0 Å². The molecule has 11 heteroatoms. The van der Waals surface area contributed by atoms with Crippen molar-refractivity contribution in [1.29, 1.82) is 0 Å². The number of nitro benzene ring substituents is 1. The van der Waals surface area contributed by atoms with Crippen LogP contribution < -0.4 is 19.8 Å². The zero-order chi connectivity index (χ0) is 30.3. The Morgan fingerprint density at radius 2 is 1.65 bits per heavy atom. The molecule has 0 aliphatic heterocycles. The van der Waals surface area contributed by atoms with Gasteiger partial charge in [0, 0.05) is 17.2 Å². The van der Waals surface area contributed by atoms with Crippen molar-refractivity contribution in [2.24, 2.45) is 5.10 Å². The van der Waals surface area contributed by atoms with Gasteiger partial charge in [-0.25, -0.2) is 9.78 Å². The van der Waals surface area contributed by atoms with Crippen LogP contribution in [-0.2, 0) is 0 Å². The molecule has 4 aromatic carbocycles. The van der Waals surface area contributed by atoms with Gasteiger partial charge in [-0.05, 0) is 50.2 Å². The summed E-state index contributed by atoms with van der Waals surface area (Å²) in [5.74, 6) is -0.149. The lowest BCUT2D eigenvalue weighted by Gasteiger charge is -2.13. The number of hydrogen-bond donors (Lipinski definition) is 0. The number of benzene rings is 4. The molecule has 216 valence electrons. The van der Waals surface area contributed by atoms with Crippen molar-refractivity contribution in [2.45, 2.75) is 13.8 Å². The SMILES string of the molecule is CCOc1ccc(C(=O)Oc2c(C=Nn3c(-c4ccccc4)nc4ccccc4c3=O)cccc2[N+](=O)[O-])cc1OCC. The van der Waals surface area contributed by atoms with Crippen LogP contribution in [0.25, 0.3) is 22.3 Å². The number of ether oxygens (including phenoxy) is 3. The summed E-state index contributed by atoms with van der Waals surface area (Å²) >= 11 is 0. The van der Waals surface area contributed by atoms with Crippen molar-refractivity contribution in [3.05, 3.63) is 123 Å². The number of rotatable bonds is 10. The minimum atomic E-state index is -0.859. The summed E-state index contributed by atoms with van der Waals surface area (Å²) < 4.78 is 17.8. The van der Waals surface area contributed by atoms with Gasteiger partial charge in [0.05, 0.1) is 40.8 Å². The number of carbonyl (C=O) groups excluding carboxylic acids is 1. The van der Waals surface area contributed by atoms with Crippen LogP contribution in [0.5, 0.6) is 17.2 Å². The van der Waals surface area contributed by atoms with E-state index in [1.54, 1.807) is 61.5 Å². The summed E-state index contributed by atoms with van der Waals surface area (Å²) in [6.07, 6.45) is 1.23. The zero-order valence-corrected chi connectivity index (χ0v) is 23.3. The summed E-state index contributed by atoms with van der Waals surface area (Å²) in [6, 6.07) is 24.5. The largest absolute Gasteiger partial charge is 0.490 e. The Bertz CT molecular complexity index is 1900. The number of para-hydroxylation sites is 2. The molecule has 43 heavy (non-hydrogen) atoms. The van der Waals surface area contributed by atoms with Crippen molar-refractivity contribution in [2.75, 3.05) is 13.2 Å². The van der Waals surface area contributed by atoms with E-state index in [0.29, 0.717) is 41.2 Å². The smallest absolute Gasteiger partial charge is 0.343 e. The van der Waals surface area contributed by atoms with Crippen LogP contribution in [0.15, 0.2) is 101 Å². The Kier molecular flexibility index (Phi) is 8.52. The molecule has 0 unspecified atom stereocenters. The predicted octanol–water partition coefficient (Wildman–Crippen LogP) is 5.87. The van der Waals surface area contributed by atoms with Crippen molar-refractivity contribution >= 4 is 28.8 Å². The summed E-state index contributed by atoms with van der Waals surface area (Å²) in [6.45, 7) is 4.33. The van der Waals surface area contributed by atoms with E-state index < -0.39 is 22.1 Å². The minimum absolute atomic E-state index is 0.0919. The molecule has 5 rings (SSSR count). The third-order valence-corrected chi connectivity index (χ3v) is 6.29. The second-order valence-electron chi connectivity index (χ2n) is 9.05. The lowest BCUT2D eigenvalue weighted by molar-refractivity contribution is -0.385. The lowest BCUT2D eigenvalue weighted by atomic mass is 10.1. The van der Waals surface area contributed by atoms with Crippen molar-refractivity contribution in [3.8, 4) is 28.6 Å². The van der Waals surface area contributed by atoms with Gasteiger partial charge in [-0.1, -0.05) is 48.5 Å². The van der Waals surface area contributed by atoms with E-state index in [0.717, 1.165) is 4.68 Å². The van der Waals surface area contributed by atoms with Crippen LogP contribution in [0.2, 0.25) is 0 Å². The molecule has 0 fully saturated rings. The standard InChI is InChI=1S/C32H26N4O7/c1-3-41-27-18-17-22(19-28(27)42-4-2)32(38)43-29-23(13-10-16-26(29)36(39)40)20-33-35-30(21-11-6-5-7-12-21)34-25-15-9-8-14-24(25)31(35)37/h5-20H,3-4H2,1-2H3. The molecule has 0 atom stereocenters. The van der Waals surface area contributed by atoms with Gasteiger partial charge >= 0.3 is 11.7 Å². The number of carbonyl (C=O) groups is 1. The molecule has 0 saturated heterocycles. The number of nitrogens with zero attached hydrogens (tertiary/aromatic N) is 4. The second kappa shape index (κ2) is 12.8. The Balaban J connectivity index is 1.58. The molecule has 1 heterocycles. The van der Waals surface area contributed by atoms with Gasteiger partial charge in [-0.15, -0.1) is 0 Å². The molecule has 5 aromatic rings. The summed E-state index contributed by atoms with van der Waals surface area (Å²) in [4.78, 5) is 42.7. The predicted molar refractivity (Wildman–Crippen MR) is 161 cm³/mol. The van der Waals surface area contributed by atoms with Crippen LogP contribution in [-0.4, -0.2) is 40.0 Å². The quantitative estimate of drug-likeness (QED) is 0.0660. The van der Waals surface area contributed by atoms with E-state index in [1.165, 1.54) is 36.5 Å². The van der Waals surface area contributed by atoms with Gasteiger partial charge in [0.1, 0.15) is 0 Å². The second-order valence-corrected chi connectivity index (χ2v) is 9.05. The molecule has 0 N–H and O–H groups in total. The van der Waals surface area contributed by atoms with E-state index in [9.17, 15) is 19.7 Å². The Labute approximate surface area is 245 Å².